The van der Waals surface area contributed by atoms with Crippen molar-refractivity contribution in [2.45, 2.75) is 44.6 Å². The first-order valence-corrected chi connectivity index (χ1v) is 17.9. The lowest BCUT2D eigenvalue weighted by molar-refractivity contribution is -0.136. The summed E-state index contributed by atoms with van der Waals surface area (Å²) >= 11 is 0. The van der Waals surface area contributed by atoms with Crippen LogP contribution in [0.3, 0.4) is 0 Å². The molecule has 290 valence electrons. The van der Waals surface area contributed by atoms with Gasteiger partial charge in [0.25, 0.3) is 11.8 Å². The smallest absolute Gasteiger partial charge is 0.264 e. The summed E-state index contributed by atoms with van der Waals surface area (Å²) in [6.07, 6.45) is 2.46. The second kappa shape index (κ2) is 23.3. The van der Waals surface area contributed by atoms with E-state index in [1.165, 1.54) is 6.07 Å². The number of rotatable bonds is 27. The number of nitrogen functional groups attached to an aromatic ring is 1. The summed E-state index contributed by atoms with van der Waals surface area (Å²) in [6, 6.07) is 10.9. The molecule has 0 saturated carbocycles. The molecular formula is C37H50N4O12. The molecule has 4 rings (SSSR count). The van der Waals surface area contributed by atoms with E-state index in [4.69, 9.17) is 38.9 Å². The van der Waals surface area contributed by atoms with Crippen LogP contribution in [0.4, 0.5) is 11.4 Å². The van der Waals surface area contributed by atoms with Gasteiger partial charge in [0.05, 0.1) is 95.2 Å². The number of imide groups is 2. The van der Waals surface area contributed by atoms with E-state index in [9.17, 15) is 24.0 Å². The van der Waals surface area contributed by atoms with Gasteiger partial charge in [-0.05, 0) is 43.5 Å². The van der Waals surface area contributed by atoms with Crippen molar-refractivity contribution in [2.24, 2.45) is 0 Å². The van der Waals surface area contributed by atoms with E-state index < -0.39 is 29.7 Å². The highest BCUT2D eigenvalue weighted by molar-refractivity contribution is 6.26. The van der Waals surface area contributed by atoms with E-state index in [0.717, 1.165) is 17.7 Å². The molecule has 0 spiro atoms. The zero-order valence-electron chi connectivity index (χ0n) is 30.0. The third-order valence-electron chi connectivity index (χ3n) is 8.20. The van der Waals surface area contributed by atoms with Gasteiger partial charge in [-0.2, -0.15) is 0 Å². The van der Waals surface area contributed by atoms with Crippen molar-refractivity contribution in [1.82, 2.24) is 10.2 Å². The number of nitrogens with zero attached hydrogens (tertiary/aromatic N) is 1. The van der Waals surface area contributed by atoms with Crippen molar-refractivity contribution < 1.29 is 57.1 Å². The number of unbranched alkanes of at least 4 members (excludes halogenated alkanes) is 2. The molecule has 2 aromatic carbocycles. The average molecular weight is 743 g/mol. The number of nitrogens with two attached hydrogens (primary N) is 1. The summed E-state index contributed by atoms with van der Waals surface area (Å²) in [5, 5.41) is 4.90. The summed E-state index contributed by atoms with van der Waals surface area (Å²) in [7, 11) is 0. The van der Waals surface area contributed by atoms with Gasteiger partial charge in [-0.1, -0.05) is 24.6 Å². The summed E-state index contributed by atoms with van der Waals surface area (Å²) < 4.78 is 38.6. The minimum absolute atomic E-state index is 0.0293. The molecule has 2 aliphatic heterocycles. The number of carbonyl (C=O) groups is 5. The molecule has 1 unspecified atom stereocenters. The Kier molecular flexibility index (Phi) is 18.1. The summed E-state index contributed by atoms with van der Waals surface area (Å²) in [5.41, 5.74) is 6.81. The molecule has 4 N–H and O–H groups in total. The van der Waals surface area contributed by atoms with Gasteiger partial charge < -0.3 is 44.2 Å². The maximum atomic E-state index is 13.2. The lowest BCUT2D eigenvalue weighted by atomic mass is 10.0. The molecule has 0 bridgehead atoms. The number of fused-ring (bicyclic) bond motifs is 1. The average Bonchev–Trinajstić information content (AvgIpc) is 3.40. The monoisotopic (exact) mass is 742 g/mol. The van der Waals surface area contributed by atoms with Crippen LogP contribution in [0.5, 0.6) is 5.75 Å². The third kappa shape index (κ3) is 13.8. The summed E-state index contributed by atoms with van der Waals surface area (Å²) in [4.78, 5) is 63.5. The first-order chi connectivity index (χ1) is 25.9. The topological polar surface area (TPSA) is 203 Å². The van der Waals surface area contributed by atoms with Gasteiger partial charge >= 0.3 is 0 Å². The van der Waals surface area contributed by atoms with E-state index in [0.29, 0.717) is 104 Å². The lowest BCUT2D eigenvalue weighted by Gasteiger charge is -2.27. The zero-order valence-corrected chi connectivity index (χ0v) is 30.0. The van der Waals surface area contributed by atoms with Crippen molar-refractivity contribution in [2.75, 3.05) is 96.9 Å². The Bertz CT molecular complexity index is 1510. The van der Waals surface area contributed by atoms with Crippen LogP contribution in [-0.2, 0) is 42.8 Å². The van der Waals surface area contributed by atoms with E-state index in [-0.39, 0.29) is 42.0 Å². The molecule has 2 aromatic rings. The zero-order chi connectivity index (χ0) is 37.7. The summed E-state index contributed by atoms with van der Waals surface area (Å²) in [5.74, 6) is -2.06. The van der Waals surface area contributed by atoms with E-state index in [2.05, 4.69) is 10.6 Å². The standard InChI is InChI=1S/C37H50N4O12/c38-28-8-3-4-10-31(28)53-26-25-52-24-23-51-22-21-50-20-19-49-18-17-48-16-15-47-14-5-1-2-11-32(42)39-29-9-6-7-27-34(29)37(46)41(36(27)45)30-12-13-33(43)40-35(30)44/h3-4,6-10,30H,1-2,5,11-26,38H2,(H,39,42)(H,40,43,44). The van der Waals surface area contributed by atoms with Crippen LogP contribution in [0.15, 0.2) is 42.5 Å². The van der Waals surface area contributed by atoms with Crippen LogP contribution in [0, 0.1) is 0 Å². The van der Waals surface area contributed by atoms with Gasteiger partial charge in [-0.3, -0.25) is 34.2 Å². The van der Waals surface area contributed by atoms with Crippen molar-refractivity contribution in [3.8, 4) is 5.75 Å². The number of amides is 5. The fourth-order valence-corrected chi connectivity index (χ4v) is 5.52. The Labute approximate surface area is 308 Å². The fraction of sp³-hybridized carbons (Fsp3) is 0.541. The van der Waals surface area contributed by atoms with E-state index >= 15 is 0 Å². The SMILES string of the molecule is Nc1ccccc1OCCOCCOCCOCCOCCOCCOCCCCCC(=O)Nc1cccc2c1C(=O)N(C1CCC(=O)NC1=O)C2=O. The fourth-order valence-electron chi connectivity index (χ4n) is 5.52. The molecule has 2 aliphatic rings. The van der Waals surface area contributed by atoms with Crippen LogP contribution in [-0.4, -0.2) is 126 Å². The normalized spacial score (nSPS) is 15.5. The minimum Gasteiger partial charge on any atom is -0.489 e. The Hall–Kier alpha value is -4.45. The number of benzene rings is 2. The van der Waals surface area contributed by atoms with E-state index in [1.807, 2.05) is 18.2 Å². The van der Waals surface area contributed by atoms with Crippen molar-refractivity contribution >= 4 is 40.9 Å². The van der Waals surface area contributed by atoms with Gasteiger partial charge in [0.2, 0.25) is 17.7 Å². The predicted molar refractivity (Wildman–Crippen MR) is 191 cm³/mol. The van der Waals surface area contributed by atoms with E-state index in [1.54, 1.807) is 18.2 Å². The second-order valence-electron chi connectivity index (χ2n) is 12.1. The minimum atomic E-state index is -1.07. The van der Waals surface area contributed by atoms with Crippen LogP contribution in [0.25, 0.3) is 0 Å². The maximum Gasteiger partial charge on any atom is 0.264 e. The number of ether oxygens (including phenoxy) is 7. The van der Waals surface area contributed by atoms with Gasteiger partial charge in [0, 0.05) is 19.4 Å². The van der Waals surface area contributed by atoms with Crippen LogP contribution in [0.1, 0.15) is 59.2 Å². The number of para-hydroxylation sites is 2. The van der Waals surface area contributed by atoms with Gasteiger partial charge in [0.15, 0.2) is 0 Å². The van der Waals surface area contributed by atoms with Crippen molar-refractivity contribution in [1.29, 1.82) is 0 Å². The highest BCUT2D eigenvalue weighted by Crippen LogP contribution is 2.32. The number of nitrogens with one attached hydrogen (secondary N) is 2. The molecule has 5 amide bonds. The van der Waals surface area contributed by atoms with Crippen molar-refractivity contribution in [3.63, 3.8) is 0 Å². The molecule has 53 heavy (non-hydrogen) atoms. The molecule has 1 atom stereocenters. The largest absolute Gasteiger partial charge is 0.489 e. The highest BCUT2D eigenvalue weighted by Gasteiger charge is 2.45. The molecule has 2 heterocycles. The maximum absolute atomic E-state index is 13.2. The number of hydrogen-bond donors (Lipinski definition) is 3. The molecule has 0 aliphatic carbocycles. The number of hydrogen-bond acceptors (Lipinski definition) is 13. The number of piperidine rings is 1. The first kappa shape index (κ1) is 41.3. The van der Waals surface area contributed by atoms with Crippen LogP contribution in [0.2, 0.25) is 0 Å². The highest BCUT2D eigenvalue weighted by atomic mass is 16.6. The molecule has 0 aromatic heterocycles. The third-order valence-corrected chi connectivity index (χ3v) is 8.20. The summed E-state index contributed by atoms with van der Waals surface area (Å²) in [6.45, 7) is 6.00. The van der Waals surface area contributed by atoms with Gasteiger partial charge in [-0.15, -0.1) is 0 Å². The molecule has 0 radical (unpaired) electrons. The molecule has 16 nitrogen and oxygen atoms in total. The molecular weight excluding hydrogens is 692 g/mol. The predicted octanol–water partition coefficient (Wildman–Crippen LogP) is 2.35. The number of carbonyl (C=O) groups excluding carboxylic acids is 5. The van der Waals surface area contributed by atoms with Gasteiger partial charge in [-0.25, -0.2) is 0 Å². The van der Waals surface area contributed by atoms with Crippen molar-refractivity contribution in [3.05, 3.63) is 53.6 Å². The molecule has 16 heteroatoms. The Morgan fingerprint density at radius 2 is 1.28 bits per heavy atom. The Morgan fingerprint density at radius 1 is 0.698 bits per heavy atom. The Balaban J connectivity index is 0.900. The Morgan fingerprint density at radius 3 is 1.89 bits per heavy atom. The van der Waals surface area contributed by atoms with Crippen LogP contribution >= 0.6 is 0 Å². The molecule has 1 saturated heterocycles. The molecule has 1 fully saturated rings. The van der Waals surface area contributed by atoms with Crippen LogP contribution < -0.4 is 21.1 Å². The number of anilines is 2. The quantitative estimate of drug-likeness (QED) is 0.0685. The lowest BCUT2D eigenvalue weighted by Crippen LogP contribution is -2.54. The first-order valence-electron chi connectivity index (χ1n) is 17.9. The van der Waals surface area contributed by atoms with Gasteiger partial charge in [0.1, 0.15) is 18.4 Å². The second-order valence-corrected chi connectivity index (χ2v) is 12.1.